The second-order valence-corrected chi connectivity index (χ2v) is 3.71. The Hall–Kier alpha value is -1.09. The van der Waals surface area contributed by atoms with Gasteiger partial charge in [-0.1, -0.05) is 6.08 Å². The highest BCUT2D eigenvalue weighted by Gasteiger charge is 2.11. The molecule has 14 heavy (non-hydrogen) atoms. The van der Waals surface area contributed by atoms with Gasteiger partial charge >= 0.3 is 0 Å². The molecule has 1 heterocycles. The van der Waals surface area contributed by atoms with Gasteiger partial charge in [-0.05, 0) is 20.3 Å². The molecule has 1 rings (SSSR count). The lowest BCUT2D eigenvalue weighted by Crippen LogP contribution is -2.29. The zero-order valence-corrected chi connectivity index (χ0v) is 9.20. The highest BCUT2D eigenvalue weighted by atomic mass is 15.1. The molecule has 1 aromatic heterocycles. The van der Waals surface area contributed by atoms with Crippen LogP contribution in [0, 0.1) is 0 Å². The summed E-state index contributed by atoms with van der Waals surface area (Å²) in [5.74, 6) is 1.07. The Morgan fingerprint density at radius 2 is 2.36 bits per heavy atom. The summed E-state index contributed by atoms with van der Waals surface area (Å²) in [5.41, 5.74) is 0. The van der Waals surface area contributed by atoms with Crippen LogP contribution >= 0.6 is 0 Å². The van der Waals surface area contributed by atoms with E-state index >= 15 is 0 Å². The van der Waals surface area contributed by atoms with E-state index in [-0.39, 0.29) is 6.04 Å². The number of nitrogens with zero attached hydrogens (tertiary/aromatic N) is 2. The fraction of sp³-hybridized carbons (Fsp3) is 0.545. The number of hydrogen-bond donors (Lipinski definition) is 1. The Kier molecular flexibility index (Phi) is 3.89. The van der Waals surface area contributed by atoms with Gasteiger partial charge in [0.15, 0.2) is 0 Å². The first-order chi connectivity index (χ1) is 6.65. The van der Waals surface area contributed by atoms with E-state index in [9.17, 15) is 0 Å². The lowest BCUT2D eigenvalue weighted by Gasteiger charge is -2.18. The molecule has 0 aliphatic heterocycles. The van der Waals surface area contributed by atoms with Crippen LogP contribution < -0.4 is 5.32 Å². The third-order valence-corrected chi connectivity index (χ3v) is 2.30. The van der Waals surface area contributed by atoms with Crippen molar-refractivity contribution in [2.45, 2.75) is 32.4 Å². The summed E-state index contributed by atoms with van der Waals surface area (Å²) >= 11 is 0. The maximum absolute atomic E-state index is 4.30. The summed E-state index contributed by atoms with van der Waals surface area (Å²) < 4.78 is 2.04. The second-order valence-electron chi connectivity index (χ2n) is 3.71. The summed E-state index contributed by atoms with van der Waals surface area (Å²) in [5, 5.41) is 3.47. The van der Waals surface area contributed by atoms with E-state index in [0.29, 0.717) is 6.04 Å². The molecule has 0 aromatic carbocycles. The minimum atomic E-state index is 0.282. The van der Waals surface area contributed by atoms with Crippen molar-refractivity contribution in [2.75, 3.05) is 0 Å². The van der Waals surface area contributed by atoms with Gasteiger partial charge in [0.25, 0.3) is 0 Å². The molecule has 3 heteroatoms. The van der Waals surface area contributed by atoms with Gasteiger partial charge in [-0.25, -0.2) is 4.98 Å². The van der Waals surface area contributed by atoms with E-state index in [2.05, 4.69) is 30.7 Å². The summed E-state index contributed by atoms with van der Waals surface area (Å²) in [6, 6.07) is 0.726. The number of imidazole rings is 1. The lowest BCUT2D eigenvalue weighted by molar-refractivity contribution is 0.458. The molecule has 1 aromatic rings. The standard InChI is InChI=1S/C11H19N3/c1-5-6-9(2)13-10(3)11-12-7-8-14(11)4/h5,7-10,13H,1,6H2,2-4H3. The van der Waals surface area contributed by atoms with Crippen molar-refractivity contribution < 1.29 is 0 Å². The van der Waals surface area contributed by atoms with Crippen LogP contribution in [-0.2, 0) is 7.05 Å². The summed E-state index contributed by atoms with van der Waals surface area (Å²) in [7, 11) is 2.01. The van der Waals surface area contributed by atoms with Crippen molar-refractivity contribution in [3.05, 3.63) is 30.9 Å². The van der Waals surface area contributed by atoms with E-state index in [1.807, 2.05) is 30.1 Å². The third-order valence-electron chi connectivity index (χ3n) is 2.30. The predicted octanol–water partition coefficient (Wildman–Crippen LogP) is 2.04. The smallest absolute Gasteiger partial charge is 0.125 e. The quantitative estimate of drug-likeness (QED) is 0.725. The first kappa shape index (κ1) is 11.0. The average Bonchev–Trinajstić information content (AvgIpc) is 2.51. The maximum Gasteiger partial charge on any atom is 0.125 e. The Bertz CT molecular complexity index is 290. The van der Waals surface area contributed by atoms with Crippen molar-refractivity contribution in [3.63, 3.8) is 0 Å². The van der Waals surface area contributed by atoms with Crippen molar-refractivity contribution in [1.82, 2.24) is 14.9 Å². The molecule has 2 atom stereocenters. The predicted molar refractivity (Wildman–Crippen MR) is 59.0 cm³/mol. The van der Waals surface area contributed by atoms with Crippen LogP contribution in [0.5, 0.6) is 0 Å². The molecule has 0 saturated heterocycles. The zero-order chi connectivity index (χ0) is 10.6. The Morgan fingerprint density at radius 1 is 1.64 bits per heavy atom. The van der Waals surface area contributed by atoms with Crippen LogP contribution in [0.1, 0.15) is 32.1 Å². The molecule has 0 aliphatic carbocycles. The zero-order valence-electron chi connectivity index (χ0n) is 9.20. The monoisotopic (exact) mass is 193 g/mol. The minimum Gasteiger partial charge on any atom is -0.337 e. The normalized spacial score (nSPS) is 15.1. The van der Waals surface area contributed by atoms with Crippen molar-refractivity contribution in [2.24, 2.45) is 7.05 Å². The van der Waals surface area contributed by atoms with Crippen molar-refractivity contribution in [1.29, 1.82) is 0 Å². The molecule has 78 valence electrons. The van der Waals surface area contributed by atoms with Crippen molar-refractivity contribution in [3.8, 4) is 0 Å². The van der Waals surface area contributed by atoms with E-state index in [1.54, 1.807) is 0 Å². The molecule has 0 bridgehead atoms. The van der Waals surface area contributed by atoms with Crippen LogP contribution in [0.15, 0.2) is 25.0 Å². The van der Waals surface area contributed by atoms with Gasteiger partial charge < -0.3 is 9.88 Å². The van der Waals surface area contributed by atoms with E-state index in [1.165, 1.54) is 0 Å². The summed E-state index contributed by atoms with van der Waals surface area (Å²) in [4.78, 5) is 4.30. The number of aryl methyl sites for hydroxylation is 1. The van der Waals surface area contributed by atoms with Gasteiger partial charge in [0.2, 0.25) is 0 Å². The molecule has 0 spiro atoms. The largest absolute Gasteiger partial charge is 0.337 e. The molecule has 3 nitrogen and oxygen atoms in total. The molecule has 0 amide bonds. The van der Waals surface area contributed by atoms with Gasteiger partial charge in [-0.2, -0.15) is 0 Å². The van der Waals surface area contributed by atoms with Crippen molar-refractivity contribution >= 4 is 0 Å². The number of aromatic nitrogens is 2. The molecule has 0 saturated carbocycles. The number of nitrogens with one attached hydrogen (secondary N) is 1. The Balaban J connectivity index is 2.54. The van der Waals surface area contributed by atoms with Crippen LogP contribution in [0.25, 0.3) is 0 Å². The van der Waals surface area contributed by atoms with E-state index in [0.717, 1.165) is 12.2 Å². The highest BCUT2D eigenvalue weighted by molar-refractivity contribution is 4.97. The molecule has 0 fully saturated rings. The maximum atomic E-state index is 4.30. The van der Waals surface area contributed by atoms with Crippen LogP contribution in [0.2, 0.25) is 0 Å². The number of rotatable bonds is 5. The van der Waals surface area contributed by atoms with E-state index in [4.69, 9.17) is 0 Å². The molecular formula is C11H19N3. The SMILES string of the molecule is C=CCC(C)NC(C)c1nccn1C. The molecule has 1 N–H and O–H groups in total. The fourth-order valence-electron chi connectivity index (χ4n) is 1.61. The topological polar surface area (TPSA) is 29.9 Å². The van der Waals surface area contributed by atoms with Gasteiger partial charge in [-0.3, -0.25) is 0 Å². The van der Waals surface area contributed by atoms with Gasteiger partial charge in [0.1, 0.15) is 5.82 Å². The first-order valence-corrected chi connectivity index (χ1v) is 4.99. The highest BCUT2D eigenvalue weighted by Crippen LogP contribution is 2.10. The average molecular weight is 193 g/mol. The Morgan fingerprint density at radius 3 is 2.86 bits per heavy atom. The summed E-state index contributed by atoms with van der Waals surface area (Å²) in [6.07, 6.45) is 6.70. The fourth-order valence-corrected chi connectivity index (χ4v) is 1.61. The van der Waals surface area contributed by atoms with E-state index < -0.39 is 0 Å². The summed E-state index contributed by atoms with van der Waals surface area (Å²) in [6.45, 7) is 8.01. The molecular weight excluding hydrogens is 174 g/mol. The lowest BCUT2D eigenvalue weighted by atomic mass is 10.2. The van der Waals surface area contributed by atoms with Crippen LogP contribution in [0.3, 0.4) is 0 Å². The molecule has 0 aliphatic rings. The second kappa shape index (κ2) is 4.96. The number of hydrogen-bond acceptors (Lipinski definition) is 2. The van der Waals surface area contributed by atoms with Gasteiger partial charge in [0.05, 0.1) is 6.04 Å². The molecule has 2 unspecified atom stereocenters. The first-order valence-electron chi connectivity index (χ1n) is 4.99. The van der Waals surface area contributed by atoms with Gasteiger partial charge in [0, 0.05) is 25.5 Å². The van der Waals surface area contributed by atoms with Crippen LogP contribution in [-0.4, -0.2) is 15.6 Å². The molecule has 0 radical (unpaired) electrons. The Labute approximate surface area is 85.8 Å². The minimum absolute atomic E-state index is 0.282. The van der Waals surface area contributed by atoms with Crippen LogP contribution in [0.4, 0.5) is 0 Å². The van der Waals surface area contributed by atoms with Gasteiger partial charge in [-0.15, -0.1) is 6.58 Å². The third kappa shape index (κ3) is 2.70.